The fourth-order valence-corrected chi connectivity index (χ4v) is 3.77. The monoisotopic (exact) mass is 390 g/mol. The molecule has 6 nitrogen and oxygen atoms in total. The van der Waals surface area contributed by atoms with Crippen LogP contribution in [0.25, 0.3) is 10.2 Å². The van der Waals surface area contributed by atoms with Crippen LogP contribution in [0.4, 0.5) is 5.13 Å². The number of aromatic nitrogens is 1. The number of hydrogen-bond acceptors (Lipinski definition) is 6. The molecule has 0 saturated heterocycles. The van der Waals surface area contributed by atoms with Crippen LogP contribution in [0.15, 0.2) is 66.7 Å². The second-order valence-corrected chi connectivity index (χ2v) is 7.09. The van der Waals surface area contributed by atoms with E-state index in [-0.39, 0.29) is 12.7 Å². The van der Waals surface area contributed by atoms with Crippen molar-refractivity contribution in [2.75, 3.05) is 12.1 Å². The number of amides is 1. The lowest BCUT2D eigenvalue weighted by Crippen LogP contribution is -2.12. The van der Waals surface area contributed by atoms with Crippen molar-refractivity contribution < 1.29 is 19.0 Å². The highest BCUT2D eigenvalue weighted by Crippen LogP contribution is 2.39. The molecule has 0 spiro atoms. The largest absolute Gasteiger partial charge is 0.457 e. The van der Waals surface area contributed by atoms with Crippen LogP contribution >= 0.6 is 11.3 Å². The molecule has 1 N–H and O–H groups in total. The van der Waals surface area contributed by atoms with Gasteiger partial charge in [-0.25, -0.2) is 4.98 Å². The first-order chi connectivity index (χ1) is 13.8. The first-order valence-corrected chi connectivity index (χ1v) is 9.41. The molecule has 4 aromatic rings. The van der Waals surface area contributed by atoms with Gasteiger partial charge in [-0.05, 0) is 24.3 Å². The number of nitrogens with one attached hydrogen (secondary N) is 1. The summed E-state index contributed by atoms with van der Waals surface area (Å²) < 4.78 is 17.5. The van der Waals surface area contributed by atoms with E-state index >= 15 is 0 Å². The van der Waals surface area contributed by atoms with E-state index in [1.807, 2.05) is 48.5 Å². The minimum atomic E-state index is -0.286. The van der Waals surface area contributed by atoms with Gasteiger partial charge in [0, 0.05) is 12.1 Å². The summed E-state index contributed by atoms with van der Waals surface area (Å²) in [6.07, 6.45) is 0. The molecule has 1 amide bonds. The summed E-state index contributed by atoms with van der Waals surface area (Å²) in [5, 5.41) is 3.35. The highest BCUT2D eigenvalue weighted by molar-refractivity contribution is 7.22. The van der Waals surface area contributed by atoms with Gasteiger partial charge in [0.15, 0.2) is 16.6 Å². The Kier molecular flexibility index (Phi) is 4.06. The van der Waals surface area contributed by atoms with Gasteiger partial charge >= 0.3 is 0 Å². The summed E-state index contributed by atoms with van der Waals surface area (Å²) in [6.45, 7) is 0.217. The zero-order valence-electron chi connectivity index (χ0n) is 14.5. The van der Waals surface area contributed by atoms with E-state index in [0.29, 0.717) is 33.7 Å². The van der Waals surface area contributed by atoms with Crippen LogP contribution in [0.5, 0.6) is 23.0 Å². The van der Waals surface area contributed by atoms with Gasteiger partial charge in [-0.2, -0.15) is 0 Å². The van der Waals surface area contributed by atoms with Crippen molar-refractivity contribution in [3.05, 3.63) is 72.3 Å². The van der Waals surface area contributed by atoms with Crippen molar-refractivity contribution >= 4 is 32.6 Å². The minimum absolute atomic E-state index is 0.217. The van der Waals surface area contributed by atoms with E-state index in [2.05, 4.69) is 10.3 Å². The number of rotatable bonds is 4. The third-order valence-electron chi connectivity index (χ3n) is 4.21. The SMILES string of the molecule is O=C(Nc1nc2cc3c(cc2s1)OCO3)c1ccccc1Oc1ccccc1. The molecule has 0 radical (unpaired) electrons. The first-order valence-electron chi connectivity index (χ1n) is 8.60. The number of thiazole rings is 1. The Labute approximate surface area is 164 Å². The molecule has 0 saturated carbocycles. The Bertz CT molecular complexity index is 1130. The summed E-state index contributed by atoms with van der Waals surface area (Å²) in [4.78, 5) is 17.3. The molecule has 0 fully saturated rings. The molecule has 0 bridgehead atoms. The van der Waals surface area contributed by atoms with Gasteiger partial charge in [-0.3, -0.25) is 10.1 Å². The summed E-state index contributed by atoms with van der Waals surface area (Å²) in [6, 6.07) is 20.1. The summed E-state index contributed by atoms with van der Waals surface area (Å²) in [5.41, 5.74) is 1.18. The lowest BCUT2D eigenvalue weighted by molar-refractivity contribution is 0.102. The van der Waals surface area contributed by atoms with E-state index in [4.69, 9.17) is 14.2 Å². The van der Waals surface area contributed by atoms with Crippen LogP contribution in [0.1, 0.15) is 10.4 Å². The normalized spacial score (nSPS) is 12.1. The molecule has 5 rings (SSSR count). The van der Waals surface area contributed by atoms with Gasteiger partial charge in [-0.1, -0.05) is 41.7 Å². The van der Waals surface area contributed by atoms with Gasteiger partial charge in [0.25, 0.3) is 5.91 Å². The number of fused-ring (bicyclic) bond motifs is 2. The Hall–Kier alpha value is -3.58. The maximum absolute atomic E-state index is 12.8. The van der Waals surface area contributed by atoms with Gasteiger partial charge in [0.2, 0.25) is 6.79 Å². The van der Waals surface area contributed by atoms with Crippen molar-refractivity contribution in [2.45, 2.75) is 0 Å². The predicted molar refractivity (Wildman–Crippen MR) is 107 cm³/mol. The van der Waals surface area contributed by atoms with Crippen molar-refractivity contribution in [3.8, 4) is 23.0 Å². The molecule has 1 aliphatic heterocycles. The van der Waals surface area contributed by atoms with Crippen LogP contribution < -0.4 is 19.5 Å². The van der Waals surface area contributed by atoms with E-state index in [9.17, 15) is 4.79 Å². The zero-order chi connectivity index (χ0) is 18.9. The number of ether oxygens (including phenoxy) is 3. The molecule has 7 heteroatoms. The van der Waals surface area contributed by atoms with E-state index in [1.54, 1.807) is 18.2 Å². The molecule has 0 atom stereocenters. The van der Waals surface area contributed by atoms with Crippen LogP contribution in [-0.2, 0) is 0 Å². The second kappa shape index (κ2) is 6.86. The third-order valence-corrected chi connectivity index (χ3v) is 5.14. The molecule has 0 aliphatic carbocycles. The first kappa shape index (κ1) is 16.6. The molecule has 138 valence electrons. The van der Waals surface area contributed by atoms with Gasteiger partial charge in [0.1, 0.15) is 11.5 Å². The summed E-state index contributed by atoms with van der Waals surface area (Å²) >= 11 is 1.38. The topological polar surface area (TPSA) is 69.7 Å². The highest BCUT2D eigenvalue weighted by atomic mass is 32.1. The number of anilines is 1. The molecule has 28 heavy (non-hydrogen) atoms. The van der Waals surface area contributed by atoms with Gasteiger partial charge < -0.3 is 14.2 Å². The predicted octanol–water partition coefficient (Wildman–Crippen LogP) is 5.07. The average molecular weight is 390 g/mol. The quantitative estimate of drug-likeness (QED) is 0.527. The Morgan fingerprint density at radius 3 is 2.61 bits per heavy atom. The highest BCUT2D eigenvalue weighted by Gasteiger charge is 2.18. The summed E-state index contributed by atoms with van der Waals surface area (Å²) in [5.74, 6) is 2.21. The van der Waals surface area contributed by atoms with Crippen molar-refractivity contribution in [1.29, 1.82) is 0 Å². The fourth-order valence-electron chi connectivity index (χ4n) is 2.89. The number of nitrogens with zero attached hydrogens (tertiary/aromatic N) is 1. The molecule has 1 aliphatic rings. The fraction of sp³-hybridized carbons (Fsp3) is 0.0476. The van der Waals surface area contributed by atoms with Crippen molar-refractivity contribution in [3.63, 3.8) is 0 Å². The van der Waals surface area contributed by atoms with E-state index in [1.165, 1.54) is 11.3 Å². The van der Waals surface area contributed by atoms with Gasteiger partial charge in [-0.15, -0.1) is 0 Å². The van der Waals surface area contributed by atoms with E-state index < -0.39 is 0 Å². The van der Waals surface area contributed by atoms with Crippen LogP contribution in [0, 0.1) is 0 Å². The lowest BCUT2D eigenvalue weighted by Gasteiger charge is -2.10. The number of hydrogen-bond donors (Lipinski definition) is 1. The third kappa shape index (κ3) is 3.12. The minimum Gasteiger partial charge on any atom is -0.457 e. The molecular formula is C21H14N2O4S. The van der Waals surface area contributed by atoms with Crippen LogP contribution in [-0.4, -0.2) is 17.7 Å². The second-order valence-electron chi connectivity index (χ2n) is 6.06. The molecule has 1 aromatic heterocycles. The average Bonchev–Trinajstić information content (AvgIpc) is 3.32. The standard InChI is InChI=1S/C21H14N2O4S/c24-20(14-8-4-5-9-16(14)27-13-6-2-1-3-7-13)23-21-22-15-10-17-18(26-12-25-17)11-19(15)28-21/h1-11H,12H2,(H,22,23,24). The Balaban J connectivity index is 1.41. The van der Waals surface area contributed by atoms with Crippen LogP contribution in [0.3, 0.4) is 0 Å². The van der Waals surface area contributed by atoms with Crippen LogP contribution in [0.2, 0.25) is 0 Å². The van der Waals surface area contributed by atoms with Crippen molar-refractivity contribution in [2.24, 2.45) is 0 Å². The number of carbonyl (C=O) groups is 1. The molecular weight excluding hydrogens is 376 g/mol. The summed E-state index contributed by atoms with van der Waals surface area (Å²) in [7, 11) is 0. The zero-order valence-corrected chi connectivity index (χ0v) is 15.4. The number of benzene rings is 3. The van der Waals surface area contributed by atoms with Gasteiger partial charge in [0.05, 0.1) is 15.8 Å². The Morgan fingerprint density at radius 1 is 1.00 bits per heavy atom. The van der Waals surface area contributed by atoms with Crippen molar-refractivity contribution in [1.82, 2.24) is 4.98 Å². The Morgan fingerprint density at radius 2 is 1.75 bits per heavy atom. The molecule has 2 heterocycles. The molecule has 0 unspecified atom stereocenters. The number of carbonyl (C=O) groups excluding carboxylic acids is 1. The number of para-hydroxylation sites is 2. The maximum atomic E-state index is 12.8. The maximum Gasteiger partial charge on any atom is 0.261 e. The van der Waals surface area contributed by atoms with E-state index in [0.717, 1.165) is 10.2 Å². The smallest absolute Gasteiger partial charge is 0.261 e. The molecule has 3 aromatic carbocycles. The lowest BCUT2D eigenvalue weighted by atomic mass is 10.2.